The zero-order chi connectivity index (χ0) is 22.9. The Morgan fingerprint density at radius 1 is 0.844 bits per heavy atom. The van der Waals surface area contributed by atoms with E-state index < -0.39 is 17.9 Å². The summed E-state index contributed by atoms with van der Waals surface area (Å²) in [5, 5.41) is 7.52. The molecule has 0 aliphatic rings. The van der Waals surface area contributed by atoms with Crippen LogP contribution in [0.3, 0.4) is 0 Å². The average molecular weight is 433 g/mol. The molecule has 32 heavy (non-hydrogen) atoms. The van der Waals surface area contributed by atoms with E-state index in [-0.39, 0.29) is 31.4 Å². The molecule has 0 radical (unpaired) electrons. The van der Waals surface area contributed by atoms with Crippen molar-refractivity contribution in [1.29, 1.82) is 0 Å². The molecule has 0 fully saturated rings. The van der Waals surface area contributed by atoms with Crippen LogP contribution in [-0.4, -0.2) is 30.4 Å². The van der Waals surface area contributed by atoms with Crippen LogP contribution in [0.5, 0.6) is 0 Å². The van der Waals surface area contributed by atoms with Crippen molar-refractivity contribution in [2.45, 2.75) is 32.9 Å². The Hall–Kier alpha value is -3.67. The predicted molar refractivity (Wildman–Crippen MR) is 124 cm³/mol. The van der Waals surface area contributed by atoms with Crippen LogP contribution in [0.4, 0.5) is 0 Å². The molecule has 6 nitrogen and oxygen atoms in total. The first kappa shape index (κ1) is 23.0. The van der Waals surface area contributed by atoms with Gasteiger partial charge in [-0.25, -0.2) is 0 Å². The van der Waals surface area contributed by atoms with Crippen molar-refractivity contribution in [3.8, 4) is 0 Å². The Balaban J connectivity index is 1.50. The SMILES string of the molecule is CC(C)C(NC(=O)Cc1ccc2ccccc2c1)C(=O)NCC(=O)OCc1ccccc1. The molecule has 2 amide bonds. The molecular weight excluding hydrogens is 404 g/mol. The number of rotatable bonds is 9. The van der Waals surface area contributed by atoms with E-state index in [9.17, 15) is 14.4 Å². The average Bonchev–Trinajstić information content (AvgIpc) is 2.80. The van der Waals surface area contributed by atoms with Crippen LogP contribution >= 0.6 is 0 Å². The van der Waals surface area contributed by atoms with Crippen LogP contribution < -0.4 is 10.6 Å². The summed E-state index contributed by atoms with van der Waals surface area (Å²) in [4.78, 5) is 37.1. The lowest BCUT2D eigenvalue weighted by molar-refractivity contribution is -0.145. The van der Waals surface area contributed by atoms with E-state index in [1.807, 2.05) is 86.6 Å². The number of hydrogen-bond acceptors (Lipinski definition) is 4. The van der Waals surface area contributed by atoms with E-state index in [0.29, 0.717) is 0 Å². The molecule has 0 aliphatic carbocycles. The van der Waals surface area contributed by atoms with Crippen LogP contribution in [0.1, 0.15) is 25.0 Å². The molecule has 3 rings (SSSR count). The van der Waals surface area contributed by atoms with Gasteiger partial charge in [0.15, 0.2) is 0 Å². The molecule has 2 N–H and O–H groups in total. The van der Waals surface area contributed by atoms with Gasteiger partial charge >= 0.3 is 5.97 Å². The van der Waals surface area contributed by atoms with E-state index in [1.165, 1.54) is 0 Å². The van der Waals surface area contributed by atoms with Gasteiger partial charge in [-0.15, -0.1) is 0 Å². The van der Waals surface area contributed by atoms with Gasteiger partial charge in [0.1, 0.15) is 19.2 Å². The van der Waals surface area contributed by atoms with Gasteiger partial charge in [0, 0.05) is 0 Å². The van der Waals surface area contributed by atoms with Crippen molar-refractivity contribution < 1.29 is 19.1 Å². The molecular formula is C26H28N2O4. The maximum Gasteiger partial charge on any atom is 0.325 e. The molecule has 166 valence electrons. The minimum absolute atomic E-state index is 0.143. The minimum Gasteiger partial charge on any atom is -0.460 e. The Labute approximate surface area is 188 Å². The van der Waals surface area contributed by atoms with Gasteiger partial charge in [-0.2, -0.15) is 0 Å². The Kier molecular flexibility index (Phi) is 7.97. The summed E-state index contributed by atoms with van der Waals surface area (Å²) in [6, 6.07) is 22.4. The quantitative estimate of drug-likeness (QED) is 0.508. The monoisotopic (exact) mass is 432 g/mol. The molecule has 0 heterocycles. The Morgan fingerprint density at radius 2 is 1.53 bits per heavy atom. The summed E-state index contributed by atoms with van der Waals surface area (Å²) in [5.41, 5.74) is 1.74. The van der Waals surface area contributed by atoms with E-state index >= 15 is 0 Å². The standard InChI is InChI=1S/C26H28N2O4/c1-18(2)25(26(31)27-16-24(30)32-17-19-8-4-3-5-9-19)28-23(29)15-20-12-13-21-10-6-7-11-22(21)14-20/h3-14,18,25H,15-17H2,1-2H3,(H,27,31)(H,28,29). The highest BCUT2D eigenvalue weighted by Gasteiger charge is 2.24. The predicted octanol–water partition coefficient (Wildman–Crippen LogP) is 3.38. The highest BCUT2D eigenvalue weighted by molar-refractivity contribution is 5.91. The van der Waals surface area contributed by atoms with Gasteiger partial charge in [0.25, 0.3) is 0 Å². The molecule has 3 aromatic rings. The first-order valence-electron chi connectivity index (χ1n) is 10.7. The van der Waals surface area contributed by atoms with E-state index in [2.05, 4.69) is 10.6 Å². The molecule has 0 saturated carbocycles. The van der Waals surface area contributed by atoms with Gasteiger partial charge in [0.2, 0.25) is 11.8 Å². The van der Waals surface area contributed by atoms with Gasteiger partial charge < -0.3 is 15.4 Å². The smallest absolute Gasteiger partial charge is 0.325 e. The second kappa shape index (κ2) is 11.1. The van der Waals surface area contributed by atoms with Crippen molar-refractivity contribution in [3.05, 3.63) is 83.9 Å². The normalized spacial score (nSPS) is 11.7. The number of nitrogens with one attached hydrogen (secondary N) is 2. The van der Waals surface area contributed by atoms with Gasteiger partial charge in [0.05, 0.1) is 6.42 Å². The van der Waals surface area contributed by atoms with Crippen molar-refractivity contribution in [1.82, 2.24) is 10.6 Å². The van der Waals surface area contributed by atoms with Gasteiger partial charge in [-0.1, -0.05) is 86.6 Å². The van der Waals surface area contributed by atoms with Crippen LogP contribution in [0.15, 0.2) is 72.8 Å². The van der Waals surface area contributed by atoms with Gasteiger partial charge in [-0.3, -0.25) is 14.4 Å². The fraction of sp³-hybridized carbons (Fsp3) is 0.269. The second-order valence-electron chi connectivity index (χ2n) is 8.01. The number of ether oxygens (including phenoxy) is 1. The molecule has 0 spiro atoms. The number of benzene rings is 3. The largest absolute Gasteiger partial charge is 0.460 e. The first-order valence-corrected chi connectivity index (χ1v) is 10.7. The maximum absolute atomic E-state index is 12.6. The molecule has 0 aromatic heterocycles. The fourth-order valence-corrected chi connectivity index (χ4v) is 3.35. The van der Waals surface area contributed by atoms with Crippen LogP contribution in [0.2, 0.25) is 0 Å². The Morgan fingerprint density at radius 3 is 2.25 bits per heavy atom. The molecule has 1 atom stereocenters. The molecule has 0 bridgehead atoms. The molecule has 1 unspecified atom stereocenters. The summed E-state index contributed by atoms with van der Waals surface area (Å²) in [5.74, 6) is -1.34. The van der Waals surface area contributed by atoms with E-state index in [1.54, 1.807) is 0 Å². The Bertz CT molecular complexity index is 1080. The summed E-state index contributed by atoms with van der Waals surface area (Å²) >= 11 is 0. The van der Waals surface area contributed by atoms with Crippen LogP contribution in [-0.2, 0) is 32.1 Å². The van der Waals surface area contributed by atoms with Crippen molar-refractivity contribution in [3.63, 3.8) is 0 Å². The third-order valence-electron chi connectivity index (χ3n) is 5.09. The number of hydrogen-bond donors (Lipinski definition) is 2. The summed E-state index contributed by atoms with van der Waals surface area (Å²) in [6.07, 6.45) is 0.167. The topological polar surface area (TPSA) is 84.5 Å². The molecule has 6 heteroatoms. The zero-order valence-electron chi connectivity index (χ0n) is 18.3. The lowest BCUT2D eigenvalue weighted by Gasteiger charge is -2.21. The van der Waals surface area contributed by atoms with Crippen molar-refractivity contribution >= 4 is 28.6 Å². The van der Waals surface area contributed by atoms with Gasteiger partial charge in [-0.05, 0) is 27.8 Å². The highest BCUT2D eigenvalue weighted by atomic mass is 16.5. The number of esters is 1. The van der Waals surface area contributed by atoms with Crippen LogP contribution in [0.25, 0.3) is 10.8 Å². The molecule has 0 aliphatic heterocycles. The molecule has 3 aromatic carbocycles. The van der Waals surface area contributed by atoms with E-state index in [0.717, 1.165) is 21.9 Å². The van der Waals surface area contributed by atoms with Crippen molar-refractivity contribution in [2.75, 3.05) is 6.54 Å². The minimum atomic E-state index is -0.745. The summed E-state index contributed by atoms with van der Waals surface area (Å²) in [6.45, 7) is 3.57. The molecule has 0 saturated heterocycles. The third-order valence-corrected chi connectivity index (χ3v) is 5.09. The fourth-order valence-electron chi connectivity index (χ4n) is 3.35. The van der Waals surface area contributed by atoms with Crippen molar-refractivity contribution in [2.24, 2.45) is 5.92 Å². The lowest BCUT2D eigenvalue weighted by atomic mass is 10.0. The van der Waals surface area contributed by atoms with Crippen LogP contribution in [0, 0.1) is 5.92 Å². The zero-order valence-corrected chi connectivity index (χ0v) is 18.3. The number of carbonyl (C=O) groups is 3. The number of amides is 2. The lowest BCUT2D eigenvalue weighted by Crippen LogP contribution is -2.51. The third kappa shape index (κ3) is 6.67. The number of fused-ring (bicyclic) bond motifs is 1. The second-order valence-corrected chi connectivity index (χ2v) is 8.01. The first-order chi connectivity index (χ1) is 15.4. The maximum atomic E-state index is 12.6. The summed E-state index contributed by atoms with van der Waals surface area (Å²) < 4.78 is 5.17. The number of carbonyl (C=O) groups excluding carboxylic acids is 3. The summed E-state index contributed by atoms with van der Waals surface area (Å²) in [7, 11) is 0. The highest BCUT2D eigenvalue weighted by Crippen LogP contribution is 2.16. The van der Waals surface area contributed by atoms with E-state index in [4.69, 9.17) is 4.74 Å².